The molecule has 0 radical (unpaired) electrons. The van der Waals surface area contributed by atoms with Gasteiger partial charge >= 0.3 is 5.97 Å². The molecule has 0 aliphatic carbocycles. The van der Waals surface area contributed by atoms with E-state index in [1.807, 2.05) is 0 Å². The smallest absolute Gasteiger partial charge is 0.323 e. The predicted molar refractivity (Wildman–Crippen MR) is 59.6 cm³/mol. The number of nitrogens with zero attached hydrogens (tertiary/aromatic N) is 2. The number of hydrogen-bond donors (Lipinski definition) is 2. The van der Waals surface area contributed by atoms with E-state index in [1.165, 1.54) is 6.20 Å². The lowest BCUT2D eigenvalue weighted by Gasteiger charge is -2.09. The topological polar surface area (TPSA) is 109 Å². The van der Waals surface area contributed by atoms with Crippen molar-refractivity contribution in [1.82, 2.24) is 14.7 Å². The summed E-state index contributed by atoms with van der Waals surface area (Å²) in [5, 5.41) is 7.12. The SMILES string of the molecule is Cc1nccc(CNS(=O)(=O)C(C)C(=O)O)n1. The van der Waals surface area contributed by atoms with Crippen molar-refractivity contribution in [2.45, 2.75) is 25.6 Å². The van der Waals surface area contributed by atoms with Crippen LogP contribution in [0.25, 0.3) is 0 Å². The highest BCUT2D eigenvalue weighted by Gasteiger charge is 2.27. The third-order valence-corrected chi connectivity index (χ3v) is 3.78. The lowest BCUT2D eigenvalue weighted by molar-refractivity contribution is -0.136. The molecule has 1 atom stereocenters. The van der Waals surface area contributed by atoms with Crippen molar-refractivity contribution in [1.29, 1.82) is 0 Å². The Kier molecular flexibility index (Phi) is 4.13. The van der Waals surface area contributed by atoms with Crippen LogP contribution < -0.4 is 4.72 Å². The molecule has 1 aromatic heterocycles. The van der Waals surface area contributed by atoms with E-state index in [4.69, 9.17) is 5.11 Å². The van der Waals surface area contributed by atoms with Gasteiger partial charge in [0.25, 0.3) is 0 Å². The number of nitrogens with one attached hydrogen (secondary N) is 1. The predicted octanol–water partition coefficient (Wildman–Crippen LogP) is -0.322. The molecule has 1 aromatic rings. The van der Waals surface area contributed by atoms with Crippen LogP contribution in [0.1, 0.15) is 18.4 Å². The normalized spacial score (nSPS) is 13.3. The van der Waals surface area contributed by atoms with Gasteiger partial charge in [-0.05, 0) is 19.9 Å². The second-order valence-electron chi connectivity index (χ2n) is 3.44. The molecule has 8 heteroatoms. The Bertz CT molecular complexity index is 515. The number of hydrogen-bond acceptors (Lipinski definition) is 5. The second kappa shape index (κ2) is 5.19. The van der Waals surface area contributed by atoms with E-state index in [9.17, 15) is 13.2 Å². The molecule has 7 nitrogen and oxygen atoms in total. The number of carboxylic acid groups (broad SMARTS) is 1. The average Bonchev–Trinajstić information content (AvgIpc) is 2.25. The molecule has 0 bridgehead atoms. The first-order valence-corrected chi connectivity index (χ1v) is 6.37. The van der Waals surface area contributed by atoms with Gasteiger partial charge in [-0.25, -0.2) is 23.1 Å². The molecule has 2 N–H and O–H groups in total. The third-order valence-electron chi connectivity index (χ3n) is 2.10. The highest BCUT2D eigenvalue weighted by atomic mass is 32.2. The Balaban J connectivity index is 2.71. The summed E-state index contributed by atoms with van der Waals surface area (Å²) in [5.74, 6) is -0.871. The average molecular weight is 259 g/mol. The van der Waals surface area contributed by atoms with Gasteiger partial charge < -0.3 is 5.11 Å². The number of carbonyl (C=O) groups is 1. The minimum Gasteiger partial charge on any atom is -0.480 e. The zero-order valence-corrected chi connectivity index (χ0v) is 10.2. The number of aryl methyl sites for hydroxylation is 1. The Morgan fingerprint density at radius 3 is 2.76 bits per heavy atom. The molecule has 0 spiro atoms. The summed E-state index contributed by atoms with van der Waals surface area (Å²) in [6.07, 6.45) is 1.51. The van der Waals surface area contributed by atoms with Crippen molar-refractivity contribution < 1.29 is 18.3 Å². The molecule has 94 valence electrons. The fraction of sp³-hybridized carbons (Fsp3) is 0.444. The number of aliphatic carboxylic acids is 1. The quantitative estimate of drug-likeness (QED) is 0.749. The lowest BCUT2D eigenvalue weighted by Crippen LogP contribution is -2.37. The highest BCUT2D eigenvalue weighted by molar-refractivity contribution is 7.90. The van der Waals surface area contributed by atoms with Crippen molar-refractivity contribution in [3.63, 3.8) is 0 Å². The van der Waals surface area contributed by atoms with Crippen LogP contribution in [0, 0.1) is 6.92 Å². The molecule has 1 unspecified atom stereocenters. The maximum absolute atomic E-state index is 11.5. The van der Waals surface area contributed by atoms with Gasteiger partial charge in [0.2, 0.25) is 10.0 Å². The highest BCUT2D eigenvalue weighted by Crippen LogP contribution is 2.01. The Morgan fingerprint density at radius 1 is 1.59 bits per heavy atom. The van der Waals surface area contributed by atoms with Crippen LogP contribution in [0.15, 0.2) is 12.3 Å². The van der Waals surface area contributed by atoms with E-state index in [1.54, 1.807) is 13.0 Å². The largest absolute Gasteiger partial charge is 0.480 e. The summed E-state index contributed by atoms with van der Waals surface area (Å²) in [6.45, 7) is 2.73. The third kappa shape index (κ3) is 3.75. The Labute approximate surface area is 99.0 Å². The maximum Gasteiger partial charge on any atom is 0.323 e. The van der Waals surface area contributed by atoms with Crippen molar-refractivity contribution in [2.75, 3.05) is 0 Å². The van der Waals surface area contributed by atoms with Crippen LogP contribution in [-0.2, 0) is 21.4 Å². The summed E-state index contributed by atoms with van der Waals surface area (Å²) in [6, 6.07) is 1.56. The molecule has 1 rings (SSSR count). The Hall–Kier alpha value is -1.54. The standard InChI is InChI=1S/C9H13N3O4S/c1-6(9(13)14)17(15,16)11-5-8-3-4-10-7(2)12-8/h3-4,6,11H,5H2,1-2H3,(H,13,14). The van der Waals surface area contributed by atoms with Crippen LogP contribution in [0.5, 0.6) is 0 Å². The first kappa shape index (κ1) is 13.5. The van der Waals surface area contributed by atoms with Gasteiger partial charge in [0.15, 0.2) is 5.25 Å². The van der Waals surface area contributed by atoms with Gasteiger partial charge in [-0.3, -0.25) is 4.79 Å². The van der Waals surface area contributed by atoms with Crippen LogP contribution >= 0.6 is 0 Å². The monoisotopic (exact) mass is 259 g/mol. The molecule has 0 amide bonds. The molecule has 0 aromatic carbocycles. The molecule has 0 saturated carbocycles. The van der Waals surface area contributed by atoms with Crippen molar-refractivity contribution in [3.05, 3.63) is 23.8 Å². The zero-order chi connectivity index (χ0) is 13.1. The number of carboxylic acids is 1. The molecular weight excluding hydrogens is 246 g/mol. The van der Waals surface area contributed by atoms with Gasteiger partial charge in [-0.15, -0.1) is 0 Å². The van der Waals surface area contributed by atoms with Crippen molar-refractivity contribution >= 4 is 16.0 Å². The van der Waals surface area contributed by atoms with Crippen LogP contribution in [0.3, 0.4) is 0 Å². The molecule has 0 aliphatic heterocycles. The number of aromatic nitrogens is 2. The number of rotatable bonds is 5. The maximum atomic E-state index is 11.5. The van der Waals surface area contributed by atoms with E-state index in [0.717, 1.165) is 6.92 Å². The second-order valence-corrected chi connectivity index (χ2v) is 5.53. The fourth-order valence-corrected chi connectivity index (χ4v) is 1.90. The summed E-state index contributed by atoms with van der Waals surface area (Å²) in [7, 11) is -3.88. The van der Waals surface area contributed by atoms with Gasteiger partial charge in [-0.2, -0.15) is 0 Å². The minimum absolute atomic E-state index is 0.0523. The summed E-state index contributed by atoms with van der Waals surface area (Å²) in [4.78, 5) is 18.4. The zero-order valence-electron chi connectivity index (χ0n) is 9.41. The molecule has 17 heavy (non-hydrogen) atoms. The minimum atomic E-state index is -3.88. The van der Waals surface area contributed by atoms with Crippen LogP contribution in [0.4, 0.5) is 0 Å². The van der Waals surface area contributed by atoms with E-state index in [0.29, 0.717) is 11.5 Å². The first-order chi connectivity index (χ1) is 7.83. The summed E-state index contributed by atoms with van der Waals surface area (Å²) >= 11 is 0. The summed E-state index contributed by atoms with van der Waals surface area (Å²) < 4.78 is 25.2. The van der Waals surface area contributed by atoms with E-state index in [-0.39, 0.29) is 6.54 Å². The molecule has 0 fully saturated rings. The summed E-state index contributed by atoms with van der Waals surface area (Å²) in [5.41, 5.74) is 0.485. The van der Waals surface area contributed by atoms with Crippen molar-refractivity contribution in [2.24, 2.45) is 0 Å². The van der Waals surface area contributed by atoms with Crippen LogP contribution in [-0.4, -0.2) is 34.7 Å². The van der Waals surface area contributed by atoms with Gasteiger partial charge in [0.05, 0.1) is 12.2 Å². The van der Waals surface area contributed by atoms with E-state index >= 15 is 0 Å². The van der Waals surface area contributed by atoms with Gasteiger partial charge in [0, 0.05) is 6.20 Å². The van der Waals surface area contributed by atoms with E-state index < -0.39 is 21.2 Å². The van der Waals surface area contributed by atoms with Crippen molar-refractivity contribution in [3.8, 4) is 0 Å². The molecule has 1 heterocycles. The lowest BCUT2D eigenvalue weighted by atomic mass is 10.4. The first-order valence-electron chi connectivity index (χ1n) is 4.83. The van der Waals surface area contributed by atoms with Gasteiger partial charge in [0.1, 0.15) is 5.82 Å². The molecule has 0 aliphatic rings. The molecular formula is C9H13N3O4S. The van der Waals surface area contributed by atoms with Crippen LogP contribution in [0.2, 0.25) is 0 Å². The van der Waals surface area contributed by atoms with E-state index in [2.05, 4.69) is 14.7 Å². The fourth-order valence-electron chi connectivity index (χ4n) is 1.04. The molecule has 0 saturated heterocycles. The Morgan fingerprint density at radius 2 is 2.24 bits per heavy atom. The van der Waals surface area contributed by atoms with Gasteiger partial charge in [-0.1, -0.05) is 0 Å². The number of sulfonamides is 1.